The van der Waals surface area contributed by atoms with Crippen molar-refractivity contribution < 1.29 is 14.1 Å². The van der Waals surface area contributed by atoms with Gasteiger partial charge < -0.3 is 15.1 Å². The highest BCUT2D eigenvalue weighted by Crippen LogP contribution is 2.24. The van der Waals surface area contributed by atoms with Crippen LogP contribution in [0.15, 0.2) is 28.8 Å². The fraction of sp³-hybridized carbons (Fsp3) is 0.231. The van der Waals surface area contributed by atoms with Gasteiger partial charge in [-0.15, -0.1) is 0 Å². The molecule has 2 N–H and O–H groups in total. The average Bonchev–Trinajstić information content (AvgIpc) is 2.89. The van der Waals surface area contributed by atoms with Crippen LogP contribution in [0.4, 0.5) is 11.4 Å². The number of nitro groups is 1. The first-order chi connectivity index (χ1) is 10.0. The molecule has 0 aliphatic rings. The number of nitrogens with zero attached hydrogens (tertiary/aromatic N) is 2. The van der Waals surface area contributed by atoms with E-state index in [1.54, 1.807) is 20.2 Å². The number of aromatic nitrogens is 1. The summed E-state index contributed by atoms with van der Waals surface area (Å²) in [5.41, 5.74) is 0.390. The highest BCUT2D eigenvalue weighted by atomic mass is 16.6. The molecule has 8 heteroatoms. The van der Waals surface area contributed by atoms with Gasteiger partial charge in [0.25, 0.3) is 11.6 Å². The van der Waals surface area contributed by atoms with Gasteiger partial charge in [0, 0.05) is 18.7 Å². The summed E-state index contributed by atoms with van der Waals surface area (Å²) in [6.07, 6.45) is 1.55. The SMILES string of the molecule is CNc1ccc(C(=O)NCc2ncc(C)o2)cc1[N+](=O)[O-]. The van der Waals surface area contributed by atoms with Gasteiger partial charge in [-0.05, 0) is 19.1 Å². The van der Waals surface area contributed by atoms with Crippen molar-refractivity contribution in [2.24, 2.45) is 0 Å². The number of nitrogens with one attached hydrogen (secondary N) is 2. The summed E-state index contributed by atoms with van der Waals surface area (Å²) >= 11 is 0. The summed E-state index contributed by atoms with van der Waals surface area (Å²) in [5.74, 6) is 0.590. The second-order valence-electron chi connectivity index (χ2n) is 4.29. The first kappa shape index (κ1) is 14.5. The van der Waals surface area contributed by atoms with Crippen LogP contribution in [0, 0.1) is 17.0 Å². The van der Waals surface area contributed by atoms with Crippen LogP contribution >= 0.6 is 0 Å². The quantitative estimate of drug-likeness (QED) is 0.642. The van der Waals surface area contributed by atoms with Gasteiger partial charge in [0.1, 0.15) is 11.4 Å². The van der Waals surface area contributed by atoms with Gasteiger partial charge in [0.15, 0.2) is 0 Å². The lowest BCUT2D eigenvalue weighted by Gasteiger charge is -2.06. The van der Waals surface area contributed by atoms with Crippen LogP contribution in [-0.2, 0) is 6.54 Å². The smallest absolute Gasteiger partial charge is 0.293 e. The van der Waals surface area contributed by atoms with Gasteiger partial charge >= 0.3 is 0 Å². The van der Waals surface area contributed by atoms with E-state index in [2.05, 4.69) is 15.6 Å². The summed E-state index contributed by atoms with van der Waals surface area (Å²) in [6.45, 7) is 1.87. The lowest BCUT2D eigenvalue weighted by Crippen LogP contribution is -2.23. The number of hydrogen-bond acceptors (Lipinski definition) is 6. The zero-order chi connectivity index (χ0) is 15.4. The molecule has 1 amide bonds. The van der Waals surface area contributed by atoms with Crippen molar-refractivity contribution >= 4 is 17.3 Å². The van der Waals surface area contributed by atoms with Crippen LogP contribution in [0.3, 0.4) is 0 Å². The Morgan fingerprint density at radius 2 is 2.24 bits per heavy atom. The van der Waals surface area contributed by atoms with Crippen LogP contribution in [0.1, 0.15) is 22.0 Å². The molecule has 0 atom stereocenters. The molecule has 1 heterocycles. The number of amides is 1. The van der Waals surface area contributed by atoms with E-state index in [-0.39, 0.29) is 17.8 Å². The second kappa shape index (κ2) is 6.04. The fourth-order valence-corrected chi connectivity index (χ4v) is 1.78. The van der Waals surface area contributed by atoms with Crippen molar-refractivity contribution in [3.63, 3.8) is 0 Å². The predicted molar refractivity (Wildman–Crippen MR) is 75.1 cm³/mol. The molecule has 0 aliphatic carbocycles. The summed E-state index contributed by atoms with van der Waals surface area (Å²) in [7, 11) is 1.58. The van der Waals surface area contributed by atoms with Crippen LogP contribution in [0.2, 0.25) is 0 Å². The Kier molecular flexibility index (Phi) is 4.17. The Balaban J connectivity index is 2.12. The third kappa shape index (κ3) is 3.35. The average molecular weight is 290 g/mol. The van der Waals surface area contributed by atoms with Crippen molar-refractivity contribution in [1.82, 2.24) is 10.3 Å². The molecule has 0 bridgehead atoms. The number of anilines is 1. The maximum Gasteiger partial charge on any atom is 0.293 e. The van der Waals surface area contributed by atoms with Crippen molar-refractivity contribution in [3.8, 4) is 0 Å². The Labute approximate surface area is 120 Å². The fourth-order valence-electron chi connectivity index (χ4n) is 1.78. The molecule has 1 aromatic carbocycles. The molecule has 8 nitrogen and oxygen atoms in total. The molecule has 2 rings (SSSR count). The molecule has 2 aromatic rings. The lowest BCUT2D eigenvalue weighted by atomic mass is 10.1. The minimum absolute atomic E-state index is 0.119. The maximum absolute atomic E-state index is 12.0. The normalized spacial score (nSPS) is 10.2. The molecule has 0 unspecified atom stereocenters. The number of benzene rings is 1. The van der Waals surface area contributed by atoms with E-state index in [1.807, 2.05) is 0 Å². The van der Waals surface area contributed by atoms with Crippen molar-refractivity contribution in [2.75, 3.05) is 12.4 Å². The monoisotopic (exact) mass is 290 g/mol. The molecule has 0 radical (unpaired) electrons. The van der Waals surface area contributed by atoms with Crippen LogP contribution in [0.25, 0.3) is 0 Å². The Hall–Kier alpha value is -2.90. The zero-order valence-corrected chi connectivity index (χ0v) is 11.5. The summed E-state index contributed by atoms with van der Waals surface area (Å²) < 4.78 is 5.22. The molecule has 110 valence electrons. The van der Waals surface area contributed by atoms with E-state index >= 15 is 0 Å². The van der Waals surface area contributed by atoms with E-state index in [4.69, 9.17) is 4.42 Å². The molecule has 1 aromatic heterocycles. The minimum Gasteiger partial charge on any atom is -0.444 e. The van der Waals surface area contributed by atoms with Crippen LogP contribution < -0.4 is 10.6 Å². The number of nitro benzene ring substituents is 1. The second-order valence-corrected chi connectivity index (χ2v) is 4.29. The molecular formula is C13H14N4O4. The van der Waals surface area contributed by atoms with Crippen molar-refractivity contribution in [3.05, 3.63) is 51.7 Å². The largest absolute Gasteiger partial charge is 0.444 e. The standard InChI is InChI=1S/C13H14N4O4/c1-8-6-15-12(21-8)7-16-13(18)9-3-4-10(14-2)11(5-9)17(19)20/h3-6,14H,7H2,1-2H3,(H,16,18). The zero-order valence-electron chi connectivity index (χ0n) is 11.5. The minimum atomic E-state index is -0.542. The molecule has 0 fully saturated rings. The van der Waals surface area contributed by atoms with Gasteiger partial charge in [-0.25, -0.2) is 4.98 Å². The molecule has 0 saturated heterocycles. The molecule has 0 spiro atoms. The molecule has 0 aliphatic heterocycles. The van der Waals surface area contributed by atoms with Crippen molar-refractivity contribution in [2.45, 2.75) is 13.5 Å². The number of aryl methyl sites for hydroxylation is 1. The van der Waals surface area contributed by atoms with Gasteiger partial charge in [-0.1, -0.05) is 0 Å². The Morgan fingerprint density at radius 1 is 1.48 bits per heavy atom. The van der Waals surface area contributed by atoms with E-state index in [9.17, 15) is 14.9 Å². The first-order valence-electron chi connectivity index (χ1n) is 6.17. The summed E-state index contributed by atoms with van der Waals surface area (Å²) in [5, 5.41) is 16.2. The van der Waals surface area contributed by atoms with Crippen LogP contribution in [-0.4, -0.2) is 22.9 Å². The Morgan fingerprint density at radius 3 is 2.81 bits per heavy atom. The molecular weight excluding hydrogens is 276 g/mol. The number of oxazole rings is 1. The summed E-state index contributed by atoms with van der Waals surface area (Å²) in [4.78, 5) is 26.3. The lowest BCUT2D eigenvalue weighted by molar-refractivity contribution is -0.384. The van der Waals surface area contributed by atoms with Gasteiger partial charge in [-0.3, -0.25) is 14.9 Å². The van der Waals surface area contributed by atoms with E-state index in [1.165, 1.54) is 18.2 Å². The van der Waals surface area contributed by atoms with Crippen LogP contribution in [0.5, 0.6) is 0 Å². The van der Waals surface area contributed by atoms with E-state index in [0.29, 0.717) is 17.3 Å². The topological polar surface area (TPSA) is 110 Å². The predicted octanol–water partition coefficient (Wildman–Crippen LogP) is 1.86. The van der Waals surface area contributed by atoms with E-state index in [0.717, 1.165) is 0 Å². The Bertz CT molecular complexity index is 681. The van der Waals surface area contributed by atoms with Gasteiger partial charge in [0.2, 0.25) is 5.89 Å². The first-order valence-corrected chi connectivity index (χ1v) is 6.17. The number of rotatable bonds is 5. The van der Waals surface area contributed by atoms with Gasteiger partial charge in [-0.2, -0.15) is 0 Å². The molecule has 0 saturated carbocycles. The number of carbonyl (C=O) groups excluding carboxylic acids is 1. The molecule has 21 heavy (non-hydrogen) atoms. The highest BCUT2D eigenvalue weighted by Gasteiger charge is 2.17. The maximum atomic E-state index is 12.0. The van der Waals surface area contributed by atoms with E-state index < -0.39 is 10.8 Å². The number of hydrogen-bond donors (Lipinski definition) is 2. The third-order valence-corrected chi connectivity index (χ3v) is 2.80. The van der Waals surface area contributed by atoms with Crippen molar-refractivity contribution in [1.29, 1.82) is 0 Å². The number of carbonyl (C=O) groups is 1. The van der Waals surface area contributed by atoms with Gasteiger partial charge in [0.05, 0.1) is 17.7 Å². The summed E-state index contributed by atoms with van der Waals surface area (Å²) in [6, 6.07) is 4.22. The third-order valence-electron chi connectivity index (χ3n) is 2.80. The highest BCUT2D eigenvalue weighted by molar-refractivity contribution is 5.95.